The minimum atomic E-state index is -4.58. The number of halogens is 3. The van der Waals surface area contributed by atoms with Crippen LogP contribution in [0.4, 0.5) is 24.5 Å². The third-order valence-corrected chi connectivity index (χ3v) is 2.34. The van der Waals surface area contributed by atoms with Crippen LogP contribution in [0.3, 0.4) is 0 Å². The molecule has 1 aliphatic heterocycles. The summed E-state index contributed by atoms with van der Waals surface area (Å²) in [4.78, 5) is 14.8. The Kier molecular flexibility index (Phi) is 2.65. The van der Waals surface area contributed by atoms with Crippen LogP contribution in [-0.2, 0) is 4.79 Å². The topological polar surface area (TPSA) is 41.5 Å². The van der Waals surface area contributed by atoms with Gasteiger partial charge in [-0.15, -0.1) is 0 Å². The first-order valence-corrected chi connectivity index (χ1v) is 4.91. The number of aliphatic imine (C=N–C) groups is 1. The van der Waals surface area contributed by atoms with E-state index in [-0.39, 0.29) is 5.69 Å². The molecule has 1 aromatic carbocycles. The van der Waals surface area contributed by atoms with Gasteiger partial charge in [0, 0.05) is 0 Å². The van der Waals surface area contributed by atoms with E-state index in [0.717, 1.165) is 5.56 Å². The summed E-state index contributed by atoms with van der Waals surface area (Å²) >= 11 is 0. The van der Waals surface area contributed by atoms with Gasteiger partial charge < -0.3 is 5.32 Å². The number of rotatable bonds is 0. The van der Waals surface area contributed by atoms with Crippen LogP contribution in [-0.4, -0.2) is 17.8 Å². The molecule has 2 rings (SSSR count). The van der Waals surface area contributed by atoms with Gasteiger partial charge in [-0.1, -0.05) is 6.07 Å². The highest BCUT2D eigenvalue weighted by Gasteiger charge is 2.38. The fourth-order valence-corrected chi connectivity index (χ4v) is 1.54. The Morgan fingerprint density at radius 2 is 2.06 bits per heavy atom. The van der Waals surface area contributed by atoms with Crippen LogP contribution < -0.4 is 5.32 Å². The van der Waals surface area contributed by atoms with Crippen LogP contribution >= 0.6 is 0 Å². The fourth-order valence-electron chi connectivity index (χ4n) is 1.54. The predicted molar refractivity (Wildman–Crippen MR) is 57.6 cm³/mol. The van der Waals surface area contributed by atoms with Gasteiger partial charge in [0.25, 0.3) is 0 Å². The number of anilines is 1. The third-order valence-electron chi connectivity index (χ3n) is 2.34. The normalized spacial score (nSPS) is 15.8. The zero-order valence-electron chi connectivity index (χ0n) is 8.93. The zero-order chi connectivity index (χ0) is 12.6. The van der Waals surface area contributed by atoms with Crippen molar-refractivity contribution >= 4 is 23.0 Å². The van der Waals surface area contributed by atoms with Gasteiger partial charge >= 0.3 is 6.18 Å². The lowest BCUT2D eigenvalue weighted by molar-refractivity contribution is -0.116. The quantitative estimate of drug-likeness (QED) is 0.746. The Morgan fingerprint density at radius 1 is 1.35 bits per heavy atom. The molecule has 0 atom stereocenters. The Balaban J connectivity index is 2.53. The average Bonchev–Trinajstić information content (AvgIpc) is 2.34. The Bertz CT molecular complexity index is 506. The van der Waals surface area contributed by atoms with Crippen LogP contribution in [0.25, 0.3) is 0 Å². The SMILES string of the molecule is Cc1ccc2c(c1)NC(=O)CC(C(F)(F)F)=N2. The number of hydrogen-bond acceptors (Lipinski definition) is 2. The number of alkyl halides is 3. The van der Waals surface area contributed by atoms with Crippen molar-refractivity contribution in [2.24, 2.45) is 4.99 Å². The lowest BCUT2D eigenvalue weighted by Gasteiger charge is -2.06. The van der Waals surface area contributed by atoms with E-state index >= 15 is 0 Å². The number of carbonyl (C=O) groups is 1. The van der Waals surface area contributed by atoms with Gasteiger partial charge in [0.05, 0.1) is 17.8 Å². The largest absolute Gasteiger partial charge is 0.430 e. The van der Waals surface area contributed by atoms with Gasteiger partial charge in [0.15, 0.2) is 0 Å². The molecule has 0 aliphatic carbocycles. The van der Waals surface area contributed by atoms with E-state index in [1.807, 2.05) is 0 Å². The number of carbonyl (C=O) groups excluding carboxylic acids is 1. The van der Waals surface area contributed by atoms with Crippen LogP contribution in [0.5, 0.6) is 0 Å². The van der Waals surface area contributed by atoms with Gasteiger partial charge in [-0.2, -0.15) is 13.2 Å². The zero-order valence-corrected chi connectivity index (χ0v) is 8.93. The Hall–Kier alpha value is -1.85. The number of hydrogen-bond donors (Lipinski definition) is 1. The van der Waals surface area contributed by atoms with Crippen molar-refractivity contribution < 1.29 is 18.0 Å². The molecule has 1 amide bonds. The number of nitrogens with one attached hydrogen (secondary N) is 1. The molecule has 1 N–H and O–H groups in total. The minimum Gasteiger partial charge on any atom is -0.324 e. The molecule has 0 saturated heterocycles. The molecule has 3 nitrogen and oxygen atoms in total. The van der Waals surface area contributed by atoms with Crippen molar-refractivity contribution in [3.63, 3.8) is 0 Å². The molecule has 0 spiro atoms. The first-order valence-electron chi connectivity index (χ1n) is 4.91. The second-order valence-corrected chi connectivity index (χ2v) is 3.80. The molecular formula is C11H9F3N2O. The fraction of sp³-hybridized carbons (Fsp3) is 0.273. The van der Waals surface area contributed by atoms with Gasteiger partial charge in [-0.25, -0.2) is 4.99 Å². The van der Waals surface area contributed by atoms with Crippen LogP contribution in [0, 0.1) is 6.92 Å². The van der Waals surface area contributed by atoms with Crippen LogP contribution in [0.15, 0.2) is 23.2 Å². The molecule has 0 unspecified atom stereocenters. The summed E-state index contributed by atoms with van der Waals surface area (Å²) in [6, 6.07) is 4.70. The number of benzene rings is 1. The molecular weight excluding hydrogens is 233 g/mol. The van der Waals surface area contributed by atoms with Crippen molar-refractivity contribution in [1.82, 2.24) is 0 Å². The molecule has 0 radical (unpaired) electrons. The van der Waals surface area contributed by atoms with Gasteiger partial charge in [0.2, 0.25) is 5.91 Å². The Labute approximate surface area is 95.4 Å². The second kappa shape index (κ2) is 3.87. The number of fused-ring (bicyclic) bond motifs is 1. The second-order valence-electron chi connectivity index (χ2n) is 3.80. The third kappa shape index (κ3) is 2.46. The van der Waals surface area contributed by atoms with Crippen molar-refractivity contribution in [2.75, 3.05) is 5.32 Å². The molecule has 17 heavy (non-hydrogen) atoms. The highest BCUT2D eigenvalue weighted by atomic mass is 19.4. The average molecular weight is 242 g/mol. The number of aryl methyl sites for hydroxylation is 1. The van der Waals surface area contributed by atoms with E-state index in [2.05, 4.69) is 10.3 Å². The van der Waals surface area contributed by atoms with E-state index in [1.54, 1.807) is 19.1 Å². The summed E-state index contributed by atoms with van der Waals surface area (Å²) in [5, 5.41) is 2.41. The number of nitrogens with zero attached hydrogens (tertiary/aromatic N) is 1. The van der Waals surface area contributed by atoms with E-state index in [4.69, 9.17) is 0 Å². The molecule has 1 heterocycles. The molecule has 1 aliphatic rings. The maximum atomic E-state index is 12.6. The molecule has 0 aromatic heterocycles. The predicted octanol–water partition coefficient (Wildman–Crippen LogP) is 2.97. The molecule has 90 valence electrons. The monoisotopic (exact) mass is 242 g/mol. The summed E-state index contributed by atoms with van der Waals surface area (Å²) < 4.78 is 37.7. The summed E-state index contributed by atoms with van der Waals surface area (Å²) in [5.41, 5.74) is 0.218. The maximum absolute atomic E-state index is 12.6. The standard InChI is InChI=1S/C11H9F3N2O/c1-6-2-3-7-8(4-6)16-10(17)5-9(15-7)11(12,13)14/h2-4H,5H2,1H3,(H,16,17). The lowest BCUT2D eigenvalue weighted by atomic mass is 10.2. The van der Waals surface area contributed by atoms with Crippen molar-refractivity contribution in [3.8, 4) is 0 Å². The Morgan fingerprint density at radius 3 is 2.71 bits per heavy atom. The highest BCUT2D eigenvalue weighted by molar-refractivity contribution is 6.12. The smallest absolute Gasteiger partial charge is 0.324 e. The molecule has 6 heteroatoms. The maximum Gasteiger partial charge on any atom is 0.430 e. The number of amides is 1. The molecule has 0 saturated carbocycles. The van der Waals surface area contributed by atoms with Gasteiger partial charge in [-0.3, -0.25) is 4.79 Å². The first-order chi connectivity index (χ1) is 7.86. The summed E-state index contributed by atoms with van der Waals surface area (Å²) in [6.45, 7) is 1.78. The van der Waals surface area contributed by atoms with Crippen molar-refractivity contribution in [2.45, 2.75) is 19.5 Å². The van der Waals surface area contributed by atoms with E-state index in [1.165, 1.54) is 6.07 Å². The highest BCUT2D eigenvalue weighted by Crippen LogP contribution is 2.32. The van der Waals surface area contributed by atoms with Crippen LogP contribution in [0.1, 0.15) is 12.0 Å². The molecule has 1 aromatic rings. The summed E-state index contributed by atoms with van der Waals surface area (Å²) in [7, 11) is 0. The van der Waals surface area contributed by atoms with Gasteiger partial charge in [0.1, 0.15) is 5.71 Å². The molecule has 0 fully saturated rings. The summed E-state index contributed by atoms with van der Waals surface area (Å²) in [6.07, 6.45) is -5.33. The minimum absolute atomic E-state index is 0.133. The molecule has 0 bridgehead atoms. The van der Waals surface area contributed by atoms with E-state index < -0.39 is 24.2 Å². The summed E-state index contributed by atoms with van der Waals surface area (Å²) in [5.74, 6) is -0.703. The van der Waals surface area contributed by atoms with E-state index in [9.17, 15) is 18.0 Å². The van der Waals surface area contributed by atoms with Gasteiger partial charge in [-0.05, 0) is 24.6 Å². The first kappa shape index (κ1) is 11.6. The van der Waals surface area contributed by atoms with Crippen molar-refractivity contribution in [1.29, 1.82) is 0 Å². The van der Waals surface area contributed by atoms with Crippen LogP contribution in [0.2, 0.25) is 0 Å². The van der Waals surface area contributed by atoms with Crippen molar-refractivity contribution in [3.05, 3.63) is 23.8 Å². The van der Waals surface area contributed by atoms with E-state index in [0.29, 0.717) is 5.69 Å². The lowest BCUT2D eigenvalue weighted by Crippen LogP contribution is -2.26.